The van der Waals surface area contributed by atoms with Crippen LogP contribution in [0.1, 0.15) is 23.3 Å². The zero-order valence-electron chi connectivity index (χ0n) is 14.8. The van der Waals surface area contributed by atoms with E-state index in [0.29, 0.717) is 24.2 Å². The zero-order valence-corrected chi connectivity index (χ0v) is 15.7. The first-order chi connectivity index (χ1) is 13.2. The van der Waals surface area contributed by atoms with Crippen molar-refractivity contribution in [2.75, 3.05) is 19.7 Å². The second kappa shape index (κ2) is 6.35. The number of carbonyl (C=O) groups is 1. The van der Waals surface area contributed by atoms with Crippen molar-refractivity contribution in [2.24, 2.45) is 0 Å². The Kier molecular flexibility index (Phi) is 3.94. The van der Waals surface area contributed by atoms with E-state index in [4.69, 9.17) is 9.15 Å². The van der Waals surface area contributed by atoms with Gasteiger partial charge in [-0.15, -0.1) is 11.3 Å². The van der Waals surface area contributed by atoms with Gasteiger partial charge in [-0.25, -0.2) is 4.79 Å². The van der Waals surface area contributed by atoms with Gasteiger partial charge in [0.05, 0.1) is 12.1 Å². The molecule has 1 spiro atoms. The summed E-state index contributed by atoms with van der Waals surface area (Å²) >= 11 is 1.76. The first kappa shape index (κ1) is 16.8. The van der Waals surface area contributed by atoms with Crippen molar-refractivity contribution in [1.29, 1.82) is 0 Å². The molecule has 1 fully saturated rings. The molecule has 0 radical (unpaired) electrons. The Labute approximate surface area is 160 Å². The van der Waals surface area contributed by atoms with Gasteiger partial charge in [0.15, 0.2) is 5.58 Å². The number of benzene rings is 1. The van der Waals surface area contributed by atoms with Crippen LogP contribution in [0.15, 0.2) is 44.9 Å². The first-order valence-corrected chi connectivity index (χ1v) is 10.1. The highest BCUT2D eigenvalue weighted by atomic mass is 32.1. The summed E-state index contributed by atoms with van der Waals surface area (Å²) in [4.78, 5) is 28.1. The van der Waals surface area contributed by atoms with Gasteiger partial charge >= 0.3 is 5.76 Å². The maximum atomic E-state index is 12.8. The van der Waals surface area contributed by atoms with Crippen molar-refractivity contribution in [3.05, 3.63) is 56.7 Å². The van der Waals surface area contributed by atoms with Crippen molar-refractivity contribution in [1.82, 2.24) is 9.47 Å². The second-order valence-electron chi connectivity index (χ2n) is 7.17. The lowest BCUT2D eigenvalue weighted by Crippen LogP contribution is -2.48. The Morgan fingerprint density at radius 2 is 2.00 bits per heavy atom. The third kappa shape index (κ3) is 2.73. The standard InChI is InChI=1S/C20H20N2O4S/c23-17(13-22-15-3-1-2-4-16(15)26-19(22)24)21-9-7-20(8-10-21)18-14(5-11-25-20)6-12-27-18/h1-4,6,12H,5,7-11,13H2. The van der Waals surface area contributed by atoms with Crippen LogP contribution < -0.4 is 5.76 Å². The molecule has 0 atom stereocenters. The number of carbonyl (C=O) groups excluding carboxylic acids is 1. The Bertz CT molecular complexity index is 1060. The molecule has 0 N–H and O–H groups in total. The molecule has 0 unspecified atom stereocenters. The molecule has 3 aromatic rings. The summed E-state index contributed by atoms with van der Waals surface area (Å²) in [5, 5.41) is 2.13. The minimum Gasteiger partial charge on any atom is -0.408 e. The molecule has 5 rings (SSSR count). The fourth-order valence-corrected chi connectivity index (χ4v) is 5.41. The summed E-state index contributed by atoms with van der Waals surface area (Å²) in [6, 6.07) is 9.37. The number of para-hydroxylation sites is 2. The number of thiophene rings is 1. The summed E-state index contributed by atoms with van der Waals surface area (Å²) in [7, 11) is 0. The number of ether oxygens (including phenoxy) is 1. The predicted octanol–water partition coefficient (Wildman–Crippen LogP) is 2.75. The molecule has 1 saturated heterocycles. The van der Waals surface area contributed by atoms with Crippen LogP contribution in [0.2, 0.25) is 0 Å². The van der Waals surface area contributed by atoms with Gasteiger partial charge in [0.1, 0.15) is 12.1 Å². The molecule has 0 bridgehead atoms. The molecule has 0 aliphatic carbocycles. The Morgan fingerprint density at radius 3 is 2.85 bits per heavy atom. The smallest absolute Gasteiger partial charge is 0.408 e. The molecule has 1 amide bonds. The van der Waals surface area contributed by atoms with Gasteiger partial charge in [-0.2, -0.15) is 0 Å². The van der Waals surface area contributed by atoms with Gasteiger partial charge in [-0.3, -0.25) is 9.36 Å². The number of likely N-dealkylation sites (tertiary alicyclic amines) is 1. The summed E-state index contributed by atoms with van der Waals surface area (Å²) in [5.74, 6) is -0.544. The molecule has 27 heavy (non-hydrogen) atoms. The van der Waals surface area contributed by atoms with Crippen LogP contribution in [0, 0.1) is 0 Å². The predicted molar refractivity (Wildman–Crippen MR) is 102 cm³/mol. The van der Waals surface area contributed by atoms with Gasteiger partial charge in [0.2, 0.25) is 5.91 Å². The van der Waals surface area contributed by atoms with Crippen LogP contribution in [0.25, 0.3) is 11.1 Å². The zero-order chi connectivity index (χ0) is 18.4. The maximum Gasteiger partial charge on any atom is 0.420 e. The monoisotopic (exact) mass is 384 g/mol. The SMILES string of the molecule is O=C(Cn1c(=O)oc2ccccc21)N1CCC2(CC1)OCCc1ccsc12. The van der Waals surface area contributed by atoms with Gasteiger partial charge in [0.25, 0.3) is 0 Å². The molecule has 140 valence electrons. The van der Waals surface area contributed by atoms with Crippen LogP contribution >= 0.6 is 11.3 Å². The minimum atomic E-state index is -0.489. The van der Waals surface area contributed by atoms with E-state index in [-0.39, 0.29) is 18.1 Å². The van der Waals surface area contributed by atoms with E-state index in [1.165, 1.54) is 15.0 Å². The van der Waals surface area contributed by atoms with E-state index in [0.717, 1.165) is 25.9 Å². The number of fused-ring (bicyclic) bond motifs is 3. The lowest BCUT2D eigenvalue weighted by molar-refractivity contribution is -0.140. The summed E-state index contributed by atoms with van der Waals surface area (Å²) in [6.07, 6.45) is 2.57. The molecule has 2 aromatic heterocycles. The lowest BCUT2D eigenvalue weighted by Gasteiger charge is -2.43. The average molecular weight is 384 g/mol. The van der Waals surface area contributed by atoms with Crippen LogP contribution in [-0.2, 0) is 28.1 Å². The summed E-state index contributed by atoms with van der Waals surface area (Å²) in [5.41, 5.74) is 2.32. The van der Waals surface area contributed by atoms with E-state index in [9.17, 15) is 9.59 Å². The van der Waals surface area contributed by atoms with Gasteiger partial charge in [-0.05, 0) is 48.4 Å². The van der Waals surface area contributed by atoms with E-state index >= 15 is 0 Å². The third-order valence-corrected chi connectivity index (χ3v) is 6.84. The highest BCUT2D eigenvalue weighted by Crippen LogP contribution is 2.44. The number of hydrogen-bond donors (Lipinski definition) is 0. The molecule has 7 heteroatoms. The first-order valence-electron chi connectivity index (χ1n) is 9.23. The lowest BCUT2D eigenvalue weighted by atomic mass is 9.85. The highest BCUT2D eigenvalue weighted by Gasteiger charge is 2.42. The number of oxazole rings is 1. The van der Waals surface area contributed by atoms with E-state index in [1.54, 1.807) is 23.5 Å². The summed E-state index contributed by atoms with van der Waals surface area (Å²) in [6.45, 7) is 2.03. The molecule has 0 saturated carbocycles. The molecule has 2 aliphatic rings. The molecular formula is C20H20N2O4S. The number of rotatable bonds is 2. The topological polar surface area (TPSA) is 64.7 Å². The number of nitrogens with zero attached hydrogens (tertiary/aromatic N) is 2. The average Bonchev–Trinajstić information content (AvgIpc) is 3.28. The Hall–Kier alpha value is -2.38. The molecule has 4 heterocycles. The maximum absolute atomic E-state index is 12.8. The number of aromatic nitrogens is 1. The van der Waals surface area contributed by atoms with Gasteiger partial charge in [0, 0.05) is 18.0 Å². The number of amides is 1. The number of piperidine rings is 1. The van der Waals surface area contributed by atoms with Crippen LogP contribution in [0.4, 0.5) is 0 Å². The largest absolute Gasteiger partial charge is 0.420 e. The van der Waals surface area contributed by atoms with Crippen molar-refractivity contribution >= 4 is 28.3 Å². The Morgan fingerprint density at radius 1 is 1.19 bits per heavy atom. The Balaban J connectivity index is 1.32. The number of hydrogen-bond acceptors (Lipinski definition) is 5. The van der Waals surface area contributed by atoms with E-state index in [1.807, 2.05) is 17.0 Å². The second-order valence-corrected chi connectivity index (χ2v) is 8.09. The third-order valence-electron chi connectivity index (χ3n) is 5.70. The van der Waals surface area contributed by atoms with Crippen molar-refractivity contribution < 1.29 is 13.9 Å². The minimum absolute atomic E-state index is 0.00789. The van der Waals surface area contributed by atoms with Crippen molar-refractivity contribution in [3.63, 3.8) is 0 Å². The van der Waals surface area contributed by atoms with E-state index < -0.39 is 5.76 Å². The molecule has 2 aliphatic heterocycles. The highest BCUT2D eigenvalue weighted by molar-refractivity contribution is 7.10. The van der Waals surface area contributed by atoms with Gasteiger partial charge < -0.3 is 14.1 Å². The quantitative estimate of drug-likeness (QED) is 0.682. The van der Waals surface area contributed by atoms with E-state index in [2.05, 4.69) is 11.4 Å². The van der Waals surface area contributed by atoms with Crippen molar-refractivity contribution in [3.8, 4) is 0 Å². The molecular weight excluding hydrogens is 364 g/mol. The normalized spacial score (nSPS) is 18.7. The van der Waals surface area contributed by atoms with Gasteiger partial charge in [-0.1, -0.05) is 12.1 Å². The fourth-order valence-electron chi connectivity index (χ4n) is 4.24. The molecule has 1 aromatic carbocycles. The summed E-state index contributed by atoms with van der Waals surface area (Å²) < 4.78 is 12.8. The fraction of sp³-hybridized carbons (Fsp3) is 0.400. The molecule has 6 nitrogen and oxygen atoms in total. The van der Waals surface area contributed by atoms with Crippen LogP contribution in [-0.4, -0.2) is 35.1 Å². The van der Waals surface area contributed by atoms with Crippen LogP contribution in [0.3, 0.4) is 0 Å². The van der Waals surface area contributed by atoms with Crippen molar-refractivity contribution in [2.45, 2.75) is 31.4 Å². The van der Waals surface area contributed by atoms with Crippen LogP contribution in [0.5, 0.6) is 0 Å².